The fourth-order valence-corrected chi connectivity index (χ4v) is 3.81. The summed E-state index contributed by atoms with van der Waals surface area (Å²) in [5, 5.41) is 9.76. The monoisotopic (exact) mass is 478 g/mol. The molecule has 0 bridgehead atoms. The Hall–Kier alpha value is -4.45. The fourth-order valence-electron chi connectivity index (χ4n) is 3.81. The van der Waals surface area contributed by atoms with Crippen LogP contribution in [-0.4, -0.2) is 33.1 Å². The number of ether oxygens (including phenoxy) is 5. The molecule has 0 amide bonds. The number of nitriles is 1. The molecule has 0 fully saturated rings. The molecule has 0 aliphatic carbocycles. The third-order valence-corrected chi connectivity index (χ3v) is 5.45. The van der Waals surface area contributed by atoms with Crippen LogP contribution < -0.4 is 19.9 Å². The molecular weight excluding hydrogens is 452 g/mol. The number of methoxy groups -OCH3 is 2. The van der Waals surface area contributed by atoms with E-state index in [4.69, 9.17) is 29.4 Å². The molecule has 1 atom stereocenters. The van der Waals surface area contributed by atoms with Crippen molar-refractivity contribution in [3.8, 4) is 23.3 Å². The molecule has 0 saturated carbocycles. The van der Waals surface area contributed by atoms with Crippen LogP contribution in [0.2, 0.25) is 0 Å². The quantitative estimate of drug-likeness (QED) is 0.423. The molecule has 1 unspecified atom stereocenters. The van der Waals surface area contributed by atoms with Crippen LogP contribution in [0, 0.1) is 11.3 Å². The lowest BCUT2D eigenvalue weighted by atomic mass is 9.83. The van der Waals surface area contributed by atoms with E-state index < -0.39 is 11.9 Å². The minimum absolute atomic E-state index is 0.0792. The Balaban J connectivity index is 1.98. The summed E-state index contributed by atoms with van der Waals surface area (Å²) in [4.78, 5) is 23.9. The first kappa shape index (κ1) is 25.2. The van der Waals surface area contributed by atoms with Gasteiger partial charge in [-0.1, -0.05) is 6.07 Å². The molecule has 2 aromatic carbocycles. The van der Waals surface area contributed by atoms with E-state index in [1.807, 2.05) is 6.07 Å². The van der Waals surface area contributed by atoms with Gasteiger partial charge in [-0.25, -0.2) is 4.79 Å². The summed E-state index contributed by atoms with van der Waals surface area (Å²) in [7, 11) is 3.01. The molecule has 0 radical (unpaired) electrons. The molecule has 1 aliphatic heterocycles. The number of nitrogens with two attached hydrogens (primary N) is 1. The Morgan fingerprint density at radius 2 is 1.86 bits per heavy atom. The number of carbonyl (C=O) groups excluding carboxylic acids is 2. The van der Waals surface area contributed by atoms with Gasteiger partial charge < -0.3 is 29.4 Å². The van der Waals surface area contributed by atoms with E-state index >= 15 is 0 Å². The van der Waals surface area contributed by atoms with Gasteiger partial charge in [0.25, 0.3) is 0 Å². The van der Waals surface area contributed by atoms with Gasteiger partial charge in [-0.05, 0) is 49.7 Å². The molecule has 0 saturated heterocycles. The lowest BCUT2D eigenvalue weighted by Gasteiger charge is -2.27. The second-order valence-corrected chi connectivity index (χ2v) is 7.50. The van der Waals surface area contributed by atoms with Crippen molar-refractivity contribution in [3.05, 3.63) is 75.9 Å². The average molecular weight is 479 g/mol. The van der Waals surface area contributed by atoms with Crippen LogP contribution in [-0.2, 0) is 20.9 Å². The standard InChI is InChI=1S/C26H26N2O7/c1-5-33-26(30)23-15(2)35-25(28)19(12-27)24(23)17-7-9-21(22(11-17)32-4)34-14-18-10-16(13-29)6-8-20(18)31-3/h6-11,13,24H,5,14,28H2,1-4H3. The molecule has 1 aliphatic rings. The average Bonchev–Trinajstić information content (AvgIpc) is 2.86. The highest BCUT2D eigenvalue weighted by Gasteiger charge is 2.36. The molecule has 9 heteroatoms. The van der Waals surface area contributed by atoms with Gasteiger partial charge in [-0.15, -0.1) is 0 Å². The van der Waals surface area contributed by atoms with Crippen LogP contribution in [0.1, 0.15) is 41.3 Å². The van der Waals surface area contributed by atoms with E-state index in [1.54, 1.807) is 50.2 Å². The summed E-state index contributed by atoms with van der Waals surface area (Å²) in [6.07, 6.45) is 0.745. The van der Waals surface area contributed by atoms with Crippen LogP contribution in [0.4, 0.5) is 0 Å². The van der Waals surface area contributed by atoms with Crippen LogP contribution in [0.15, 0.2) is 59.2 Å². The molecule has 182 valence electrons. The summed E-state index contributed by atoms with van der Waals surface area (Å²) < 4.78 is 27.5. The first-order valence-corrected chi connectivity index (χ1v) is 10.8. The van der Waals surface area contributed by atoms with Gasteiger partial charge in [0.1, 0.15) is 36.0 Å². The van der Waals surface area contributed by atoms with Gasteiger partial charge in [-0.3, -0.25) is 4.79 Å². The largest absolute Gasteiger partial charge is 0.496 e. The maximum atomic E-state index is 12.7. The second kappa shape index (κ2) is 11.1. The van der Waals surface area contributed by atoms with E-state index in [-0.39, 0.29) is 36.0 Å². The van der Waals surface area contributed by atoms with Crippen molar-refractivity contribution >= 4 is 12.3 Å². The maximum Gasteiger partial charge on any atom is 0.338 e. The smallest absolute Gasteiger partial charge is 0.338 e. The number of hydrogen-bond acceptors (Lipinski definition) is 9. The number of allylic oxidation sites excluding steroid dienone is 2. The van der Waals surface area contributed by atoms with Gasteiger partial charge in [0, 0.05) is 11.1 Å². The molecule has 2 N–H and O–H groups in total. The van der Waals surface area contributed by atoms with Crippen molar-refractivity contribution < 1.29 is 33.3 Å². The first-order valence-electron chi connectivity index (χ1n) is 10.8. The molecule has 3 rings (SSSR count). The number of rotatable bonds is 9. The SMILES string of the molecule is CCOC(=O)C1=C(C)OC(N)=C(C#N)C1c1ccc(OCc2cc(C=O)ccc2OC)c(OC)c1. The third kappa shape index (κ3) is 5.22. The summed E-state index contributed by atoms with van der Waals surface area (Å²) in [5.41, 5.74) is 7.98. The molecular formula is C26H26N2O7. The Bertz CT molecular complexity index is 1240. The highest BCUT2D eigenvalue weighted by atomic mass is 16.5. The van der Waals surface area contributed by atoms with E-state index in [0.29, 0.717) is 33.9 Å². The lowest BCUT2D eigenvalue weighted by molar-refractivity contribution is -0.139. The number of aldehydes is 1. The van der Waals surface area contributed by atoms with Crippen LogP contribution in [0.3, 0.4) is 0 Å². The predicted molar refractivity (Wildman–Crippen MR) is 126 cm³/mol. The zero-order valence-corrected chi connectivity index (χ0v) is 19.9. The number of benzene rings is 2. The van der Waals surface area contributed by atoms with E-state index in [9.17, 15) is 14.9 Å². The molecule has 0 aromatic heterocycles. The highest BCUT2D eigenvalue weighted by molar-refractivity contribution is 5.92. The van der Waals surface area contributed by atoms with Crippen molar-refractivity contribution in [1.82, 2.24) is 0 Å². The lowest BCUT2D eigenvalue weighted by Crippen LogP contribution is -2.25. The Labute approximate surface area is 203 Å². The Morgan fingerprint density at radius 1 is 1.14 bits per heavy atom. The molecule has 1 heterocycles. The van der Waals surface area contributed by atoms with Crippen LogP contribution in [0.25, 0.3) is 0 Å². The zero-order valence-electron chi connectivity index (χ0n) is 19.9. The third-order valence-electron chi connectivity index (χ3n) is 5.45. The van der Waals surface area contributed by atoms with Gasteiger partial charge >= 0.3 is 5.97 Å². The van der Waals surface area contributed by atoms with Crippen LogP contribution >= 0.6 is 0 Å². The van der Waals surface area contributed by atoms with Gasteiger partial charge in [0.15, 0.2) is 11.5 Å². The summed E-state index contributed by atoms with van der Waals surface area (Å²) in [5.74, 6) is 0.131. The van der Waals surface area contributed by atoms with Gasteiger partial charge in [-0.2, -0.15) is 5.26 Å². The van der Waals surface area contributed by atoms with Crippen molar-refractivity contribution in [2.45, 2.75) is 26.4 Å². The predicted octanol–water partition coefficient (Wildman–Crippen LogP) is 3.74. The van der Waals surface area contributed by atoms with Gasteiger partial charge in [0.05, 0.1) is 32.3 Å². The number of esters is 1. The summed E-state index contributed by atoms with van der Waals surface area (Å²) >= 11 is 0. The second-order valence-electron chi connectivity index (χ2n) is 7.50. The topological polar surface area (TPSA) is 130 Å². The van der Waals surface area contributed by atoms with E-state index in [0.717, 1.165) is 6.29 Å². The first-order chi connectivity index (χ1) is 16.9. The minimum Gasteiger partial charge on any atom is -0.496 e. The molecule has 35 heavy (non-hydrogen) atoms. The number of hydrogen-bond donors (Lipinski definition) is 1. The summed E-state index contributed by atoms with van der Waals surface area (Å²) in [6.45, 7) is 3.56. The Morgan fingerprint density at radius 3 is 2.49 bits per heavy atom. The van der Waals surface area contributed by atoms with Gasteiger partial charge in [0.2, 0.25) is 5.88 Å². The zero-order chi connectivity index (χ0) is 25.5. The van der Waals surface area contributed by atoms with Crippen LogP contribution in [0.5, 0.6) is 17.2 Å². The molecule has 9 nitrogen and oxygen atoms in total. The number of carbonyl (C=O) groups is 2. The summed E-state index contributed by atoms with van der Waals surface area (Å²) in [6, 6.07) is 12.1. The highest BCUT2D eigenvalue weighted by Crippen LogP contribution is 2.42. The normalized spacial score (nSPS) is 15.1. The number of nitrogens with zero attached hydrogens (tertiary/aromatic N) is 1. The fraction of sp³-hybridized carbons (Fsp3) is 0.269. The van der Waals surface area contributed by atoms with E-state index in [2.05, 4.69) is 0 Å². The van der Waals surface area contributed by atoms with Crippen molar-refractivity contribution in [2.75, 3.05) is 20.8 Å². The minimum atomic E-state index is -0.805. The molecule has 0 spiro atoms. The van der Waals surface area contributed by atoms with Crippen molar-refractivity contribution in [1.29, 1.82) is 5.26 Å². The van der Waals surface area contributed by atoms with E-state index in [1.165, 1.54) is 14.2 Å². The van der Waals surface area contributed by atoms with Crippen molar-refractivity contribution in [3.63, 3.8) is 0 Å². The van der Waals surface area contributed by atoms with Crippen molar-refractivity contribution in [2.24, 2.45) is 5.73 Å². The maximum absolute atomic E-state index is 12.7. The Kier molecular flexibility index (Phi) is 8.00. The molecule has 2 aromatic rings.